The molecule has 1 aromatic rings. The molecule has 3 unspecified atom stereocenters. The van der Waals surface area contributed by atoms with Crippen LogP contribution < -0.4 is 5.73 Å². The molecule has 0 aliphatic carbocycles. The molecule has 0 spiro atoms. The summed E-state index contributed by atoms with van der Waals surface area (Å²) in [5, 5.41) is 2.17. The lowest BCUT2D eigenvalue weighted by molar-refractivity contribution is 0.183. The van der Waals surface area contributed by atoms with Crippen LogP contribution in [0.25, 0.3) is 0 Å². The maximum absolute atomic E-state index is 6.27. The standard InChI is InChI=1S/C16H28N2S/c1-3-6-14-7-4-10-18(11-9-14)16(13(2)17)15-8-5-12-19-15/h5,8,12-14,16H,3-4,6-7,9-11,17H2,1-2H3. The van der Waals surface area contributed by atoms with Crippen LogP contribution in [0.1, 0.15) is 56.9 Å². The molecule has 1 aliphatic rings. The lowest BCUT2D eigenvalue weighted by Gasteiger charge is -2.32. The number of nitrogens with zero attached hydrogens (tertiary/aromatic N) is 1. The zero-order valence-corrected chi connectivity index (χ0v) is 13.2. The molecular formula is C16H28N2S. The minimum absolute atomic E-state index is 0.210. The van der Waals surface area contributed by atoms with Crippen LogP contribution in [-0.2, 0) is 0 Å². The topological polar surface area (TPSA) is 29.3 Å². The Morgan fingerprint density at radius 3 is 2.89 bits per heavy atom. The van der Waals surface area contributed by atoms with Gasteiger partial charge >= 0.3 is 0 Å². The summed E-state index contributed by atoms with van der Waals surface area (Å²) in [7, 11) is 0. The largest absolute Gasteiger partial charge is 0.326 e. The van der Waals surface area contributed by atoms with Crippen molar-refractivity contribution in [3.05, 3.63) is 22.4 Å². The average Bonchev–Trinajstić information content (AvgIpc) is 2.79. The lowest BCUT2D eigenvalue weighted by atomic mass is 9.96. The molecule has 0 radical (unpaired) electrons. The van der Waals surface area contributed by atoms with Crippen molar-refractivity contribution in [3.63, 3.8) is 0 Å². The van der Waals surface area contributed by atoms with E-state index in [0.717, 1.165) is 5.92 Å². The first-order valence-electron chi connectivity index (χ1n) is 7.75. The van der Waals surface area contributed by atoms with Crippen LogP contribution in [-0.4, -0.2) is 24.0 Å². The van der Waals surface area contributed by atoms with Crippen molar-refractivity contribution in [2.45, 2.75) is 58.0 Å². The molecule has 2 rings (SSSR count). The molecule has 1 aromatic heterocycles. The molecule has 2 heterocycles. The van der Waals surface area contributed by atoms with Gasteiger partial charge in [0.05, 0.1) is 6.04 Å². The van der Waals surface area contributed by atoms with E-state index < -0.39 is 0 Å². The third-order valence-electron chi connectivity index (χ3n) is 4.31. The quantitative estimate of drug-likeness (QED) is 0.882. The third kappa shape index (κ3) is 4.04. The zero-order valence-electron chi connectivity index (χ0n) is 12.3. The first kappa shape index (κ1) is 15.0. The Morgan fingerprint density at radius 1 is 1.42 bits per heavy atom. The highest BCUT2D eigenvalue weighted by Gasteiger charge is 2.27. The summed E-state index contributed by atoms with van der Waals surface area (Å²) < 4.78 is 0. The van der Waals surface area contributed by atoms with Gasteiger partial charge in [-0.25, -0.2) is 0 Å². The van der Waals surface area contributed by atoms with E-state index in [2.05, 4.69) is 36.3 Å². The van der Waals surface area contributed by atoms with Gasteiger partial charge in [0.1, 0.15) is 0 Å². The molecule has 0 saturated carbocycles. The molecule has 1 saturated heterocycles. The summed E-state index contributed by atoms with van der Waals surface area (Å²) in [5.41, 5.74) is 6.27. The molecule has 2 nitrogen and oxygen atoms in total. The molecule has 0 amide bonds. The fourth-order valence-electron chi connectivity index (χ4n) is 3.39. The Balaban J connectivity index is 2.02. The summed E-state index contributed by atoms with van der Waals surface area (Å²) in [5.74, 6) is 0.937. The highest BCUT2D eigenvalue weighted by molar-refractivity contribution is 7.10. The third-order valence-corrected chi connectivity index (χ3v) is 5.25. The number of hydrogen-bond donors (Lipinski definition) is 1. The Kier molecular flexibility index (Phi) is 5.86. The second-order valence-electron chi connectivity index (χ2n) is 5.94. The molecule has 3 heteroatoms. The highest BCUT2D eigenvalue weighted by atomic mass is 32.1. The van der Waals surface area contributed by atoms with E-state index >= 15 is 0 Å². The fourth-order valence-corrected chi connectivity index (χ4v) is 4.37. The Morgan fingerprint density at radius 2 is 2.26 bits per heavy atom. The van der Waals surface area contributed by atoms with Crippen molar-refractivity contribution in [1.29, 1.82) is 0 Å². The van der Waals surface area contributed by atoms with Crippen molar-refractivity contribution in [2.75, 3.05) is 13.1 Å². The Hall–Kier alpha value is -0.380. The van der Waals surface area contributed by atoms with Gasteiger partial charge in [0.25, 0.3) is 0 Å². The molecule has 0 aromatic carbocycles. The van der Waals surface area contributed by atoms with Gasteiger partial charge in [-0.1, -0.05) is 25.8 Å². The summed E-state index contributed by atoms with van der Waals surface area (Å²) in [6.45, 7) is 6.89. The fraction of sp³-hybridized carbons (Fsp3) is 0.750. The number of likely N-dealkylation sites (tertiary alicyclic amines) is 1. The van der Waals surface area contributed by atoms with Crippen LogP contribution in [0.3, 0.4) is 0 Å². The summed E-state index contributed by atoms with van der Waals surface area (Å²) in [6, 6.07) is 5.02. The number of rotatable bonds is 5. The minimum atomic E-state index is 0.210. The van der Waals surface area contributed by atoms with Gasteiger partial charge in [-0.2, -0.15) is 0 Å². The van der Waals surface area contributed by atoms with E-state index in [9.17, 15) is 0 Å². The van der Waals surface area contributed by atoms with E-state index in [1.807, 2.05) is 11.3 Å². The molecular weight excluding hydrogens is 252 g/mol. The first-order chi connectivity index (χ1) is 9.22. The molecule has 0 bridgehead atoms. The van der Waals surface area contributed by atoms with Gasteiger partial charge < -0.3 is 5.73 Å². The van der Waals surface area contributed by atoms with Crippen molar-refractivity contribution in [2.24, 2.45) is 11.7 Å². The number of thiophene rings is 1. The first-order valence-corrected chi connectivity index (χ1v) is 8.63. The van der Waals surface area contributed by atoms with Crippen molar-refractivity contribution >= 4 is 11.3 Å². The van der Waals surface area contributed by atoms with Gasteiger partial charge in [-0.15, -0.1) is 11.3 Å². The van der Waals surface area contributed by atoms with E-state index in [1.54, 1.807) is 0 Å². The Labute approximate surface area is 122 Å². The second-order valence-corrected chi connectivity index (χ2v) is 6.92. The molecule has 19 heavy (non-hydrogen) atoms. The molecule has 3 atom stereocenters. The van der Waals surface area contributed by atoms with Crippen LogP contribution in [0.4, 0.5) is 0 Å². The molecule has 1 aliphatic heterocycles. The molecule has 2 N–H and O–H groups in total. The molecule has 108 valence electrons. The van der Waals surface area contributed by atoms with Gasteiger partial charge in [0.15, 0.2) is 0 Å². The smallest absolute Gasteiger partial charge is 0.0590 e. The van der Waals surface area contributed by atoms with Gasteiger partial charge in [0.2, 0.25) is 0 Å². The second kappa shape index (κ2) is 7.41. The Bertz CT molecular complexity index is 348. The molecule has 1 fully saturated rings. The van der Waals surface area contributed by atoms with Crippen LogP contribution in [0, 0.1) is 5.92 Å². The number of nitrogens with two attached hydrogens (primary N) is 1. The summed E-state index contributed by atoms with van der Waals surface area (Å²) in [4.78, 5) is 4.07. The summed E-state index contributed by atoms with van der Waals surface area (Å²) in [6.07, 6.45) is 6.81. The normalized spacial score (nSPS) is 24.9. The van der Waals surface area contributed by atoms with Crippen molar-refractivity contribution < 1.29 is 0 Å². The SMILES string of the molecule is CCCC1CCCN(C(c2cccs2)C(C)N)CC1. The predicted octanol–water partition coefficient (Wildman–Crippen LogP) is 4.04. The summed E-state index contributed by atoms with van der Waals surface area (Å²) >= 11 is 1.85. The van der Waals surface area contributed by atoms with Gasteiger partial charge in [0, 0.05) is 10.9 Å². The average molecular weight is 280 g/mol. The van der Waals surface area contributed by atoms with Crippen molar-refractivity contribution in [3.8, 4) is 0 Å². The van der Waals surface area contributed by atoms with E-state index in [0.29, 0.717) is 6.04 Å². The maximum atomic E-state index is 6.27. The van der Waals surface area contributed by atoms with Crippen LogP contribution >= 0.6 is 11.3 Å². The minimum Gasteiger partial charge on any atom is -0.326 e. The van der Waals surface area contributed by atoms with Crippen LogP contribution in [0.15, 0.2) is 17.5 Å². The predicted molar refractivity (Wildman–Crippen MR) is 84.5 cm³/mol. The van der Waals surface area contributed by atoms with Gasteiger partial charge in [-0.05, 0) is 56.6 Å². The van der Waals surface area contributed by atoms with Crippen LogP contribution in [0.5, 0.6) is 0 Å². The van der Waals surface area contributed by atoms with Crippen LogP contribution in [0.2, 0.25) is 0 Å². The zero-order chi connectivity index (χ0) is 13.7. The van der Waals surface area contributed by atoms with E-state index in [4.69, 9.17) is 5.73 Å². The maximum Gasteiger partial charge on any atom is 0.0590 e. The van der Waals surface area contributed by atoms with E-state index in [-0.39, 0.29) is 6.04 Å². The highest BCUT2D eigenvalue weighted by Crippen LogP contribution is 2.31. The van der Waals surface area contributed by atoms with Crippen molar-refractivity contribution in [1.82, 2.24) is 4.90 Å². The monoisotopic (exact) mass is 280 g/mol. The lowest BCUT2D eigenvalue weighted by Crippen LogP contribution is -2.39. The van der Waals surface area contributed by atoms with Gasteiger partial charge in [-0.3, -0.25) is 4.90 Å². The van der Waals surface area contributed by atoms with E-state index in [1.165, 1.54) is 50.1 Å². The number of hydrogen-bond acceptors (Lipinski definition) is 3.